The zero-order chi connectivity index (χ0) is 5.54. The van der Waals surface area contributed by atoms with Gasteiger partial charge < -0.3 is 0 Å². The zero-order valence-electron chi connectivity index (χ0n) is 4.09. The molecule has 0 unspecified atom stereocenters. The molecule has 0 N–H and O–H groups in total. The quantitative estimate of drug-likeness (QED) is 0.416. The standard InChI is InChI=1S/C6H5I/c1-2-3-4-5-6-7/h4H2,1H3. The van der Waals surface area contributed by atoms with E-state index in [2.05, 4.69) is 21.7 Å². The summed E-state index contributed by atoms with van der Waals surface area (Å²) in [5, 5.41) is 0. The molecule has 0 aromatic rings. The number of rotatable bonds is 0. The molecule has 36 valence electrons. The molecule has 0 heterocycles. The first kappa shape index (κ1) is 6.85. The van der Waals surface area contributed by atoms with Gasteiger partial charge in [0.05, 0.1) is 6.42 Å². The first-order valence-corrected chi connectivity index (χ1v) is 2.97. The van der Waals surface area contributed by atoms with Crippen molar-refractivity contribution in [1.82, 2.24) is 0 Å². The van der Waals surface area contributed by atoms with E-state index < -0.39 is 0 Å². The second kappa shape index (κ2) is 5.85. The molecule has 1 heteroatoms. The van der Waals surface area contributed by atoms with E-state index >= 15 is 0 Å². The maximum atomic E-state index is 2.82. The third-order valence-electron chi connectivity index (χ3n) is 0.420. The van der Waals surface area contributed by atoms with Crippen LogP contribution in [0.3, 0.4) is 0 Å². The summed E-state index contributed by atoms with van der Waals surface area (Å²) in [5.41, 5.74) is 0. The molecule has 0 aliphatic heterocycles. The Balaban J connectivity index is 3.21. The molecule has 0 rings (SSSR count). The van der Waals surface area contributed by atoms with Gasteiger partial charge in [-0.25, -0.2) is 0 Å². The van der Waals surface area contributed by atoms with E-state index in [1.54, 1.807) is 0 Å². The minimum absolute atomic E-state index is 0.708. The summed E-state index contributed by atoms with van der Waals surface area (Å²) in [4.78, 5) is 0. The van der Waals surface area contributed by atoms with Gasteiger partial charge in [0.1, 0.15) is 0 Å². The summed E-state index contributed by atoms with van der Waals surface area (Å²) < 4.78 is 2.72. The first-order valence-electron chi connectivity index (χ1n) is 1.90. The van der Waals surface area contributed by atoms with Gasteiger partial charge in [-0.2, -0.15) is 0 Å². The van der Waals surface area contributed by atoms with Crippen LogP contribution in [0, 0.1) is 21.7 Å². The van der Waals surface area contributed by atoms with Gasteiger partial charge in [0.2, 0.25) is 0 Å². The van der Waals surface area contributed by atoms with E-state index in [1.807, 2.05) is 29.5 Å². The van der Waals surface area contributed by atoms with Crippen molar-refractivity contribution in [2.45, 2.75) is 13.3 Å². The molecule has 0 bridgehead atoms. The van der Waals surface area contributed by atoms with E-state index in [9.17, 15) is 0 Å². The summed E-state index contributed by atoms with van der Waals surface area (Å²) in [7, 11) is 0. The van der Waals surface area contributed by atoms with E-state index in [0.717, 1.165) is 0 Å². The Morgan fingerprint density at radius 2 is 2.14 bits per heavy atom. The SMILES string of the molecule is CC#CCC#CI. The van der Waals surface area contributed by atoms with Crippen LogP contribution in [-0.2, 0) is 0 Å². The molecular weight excluding hydrogens is 199 g/mol. The van der Waals surface area contributed by atoms with Crippen LogP contribution in [0.2, 0.25) is 0 Å². The van der Waals surface area contributed by atoms with Crippen molar-refractivity contribution >= 4 is 22.6 Å². The van der Waals surface area contributed by atoms with Gasteiger partial charge in [-0.1, -0.05) is 11.8 Å². The van der Waals surface area contributed by atoms with Crippen LogP contribution in [-0.4, -0.2) is 0 Å². The number of halogens is 1. The summed E-state index contributed by atoms with van der Waals surface area (Å²) in [6, 6.07) is 0. The molecule has 0 spiro atoms. The third-order valence-corrected chi connectivity index (χ3v) is 0.802. The van der Waals surface area contributed by atoms with Gasteiger partial charge in [0, 0.05) is 22.6 Å². The maximum Gasteiger partial charge on any atom is 0.0710 e. The Labute approximate surface area is 57.8 Å². The van der Waals surface area contributed by atoms with Crippen molar-refractivity contribution in [2.24, 2.45) is 0 Å². The second-order valence-corrected chi connectivity index (χ2v) is 1.41. The zero-order valence-corrected chi connectivity index (χ0v) is 6.24. The van der Waals surface area contributed by atoms with Gasteiger partial charge >= 0.3 is 0 Å². The molecule has 0 saturated heterocycles. The smallest absolute Gasteiger partial charge is 0.0710 e. The molecule has 0 amide bonds. The van der Waals surface area contributed by atoms with Crippen LogP contribution in [0.5, 0.6) is 0 Å². The average molecular weight is 204 g/mol. The van der Waals surface area contributed by atoms with E-state index in [-0.39, 0.29) is 0 Å². The molecule has 0 aromatic carbocycles. The highest BCUT2D eigenvalue weighted by Gasteiger charge is 1.58. The van der Waals surface area contributed by atoms with Crippen molar-refractivity contribution in [1.29, 1.82) is 0 Å². The summed E-state index contributed by atoms with van der Waals surface area (Å²) in [6.07, 6.45) is 0.708. The van der Waals surface area contributed by atoms with Crippen molar-refractivity contribution in [2.75, 3.05) is 0 Å². The molecule has 0 aliphatic rings. The molecule has 0 aliphatic carbocycles. The molecule has 0 atom stereocenters. The Kier molecular flexibility index (Phi) is 5.72. The number of hydrogen-bond donors (Lipinski definition) is 0. The highest BCUT2D eigenvalue weighted by atomic mass is 127. The van der Waals surface area contributed by atoms with Crippen LogP contribution in [0.15, 0.2) is 0 Å². The highest BCUT2D eigenvalue weighted by Crippen LogP contribution is 1.74. The fraction of sp³-hybridized carbons (Fsp3) is 0.333. The van der Waals surface area contributed by atoms with Crippen LogP contribution in [0.4, 0.5) is 0 Å². The van der Waals surface area contributed by atoms with Gasteiger partial charge in [-0.15, -0.1) is 5.92 Å². The van der Waals surface area contributed by atoms with Crippen LogP contribution < -0.4 is 0 Å². The Morgan fingerprint density at radius 1 is 1.43 bits per heavy atom. The Morgan fingerprint density at radius 3 is 2.57 bits per heavy atom. The molecule has 0 aromatic heterocycles. The van der Waals surface area contributed by atoms with Crippen molar-refractivity contribution in [3.8, 4) is 21.7 Å². The molecular formula is C6H5I. The highest BCUT2D eigenvalue weighted by molar-refractivity contribution is 14.1. The minimum Gasteiger partial charge on any atom is -0.106 e. The van der Waals surface area contributed by atoms with E-state index in [0.29, 0.717) is 6.42 Å². The van der Waals surface area contributed by atoms with Gasteiger partial charge in [0.15, 0.2) is 0 Å². The second-order valence-electron chi connectivity index (χ2n) is 0.875. The monoisotopic (exact) mass is 204 g/mol. The topological polar surface area (TPSA) is 0 Å². The van der Waals surface area contributed by atoms with Crippen LogP contribution in [0.1, 0.15) is 13.3 Å². The largest absolute Gasteiger partial charge is 0.106 e. The Bertz CT molecular complexity index is 119. The van der Waals surface area contributed by atoms with Crippen LogP contribution >= 0.6 is 22.6 Å². The van der Waals surface area contributed by atoms with Gasteiger partial charge in [-0.3, -0.25) is 0 Å². The molecule has 7 heavy (non-hydrogen) atoms. The average Bonchev–Trinajstić information content (AvgIpc) is 1.69. The third kappa shape index (κ3) is 5.85. The summed E-state index contributed by atoms with van der Waals surface area (Å²) >= 11 is 2.00. The van der Waals surface area contributed by atoms with Gasteiger partial charge in [0.25, 0.3) is 0 Å². The normalized spacial score (nSPS) is 4.86. The molecule has 0 saturated carbocycles. The molecule has 0 radical (unpaired) electrons. The lowest BCUT2D eigenvalue weighted by atomic mass is 10.4. The predicted octanol–water partition coefficient (Wildman–Crippen LogP) is 1.80. The predicted molar refractivity (Wildman–Crippen MR) is 39.9 cm³/mol. The molecule has 0 nitrogen and oxygen atoms in total. The van der Waals surface area contributed by atoms with E-state index in [4.69, 9.17) is 0 Å². The van der Waals surface area contributed by atoms with Crippen molar-refractivity contribution < 1.29 is 0 Å². The summed E-state index contributed by atoms with van der Waals surface area (Å²) in [5.74, 6) is 8.38. The fourth-order valence-corrected chi connectivity index (χ4v) is 0.357. The maximum absolute atomic E-state index is 2.82. The van der Waals surface area contributed by atoms with Gasteiger partial charge in [-0.05, 0) is 10.9 Å². The summed E-state index contributed by atoms with van der Waals surface area (Å²) in [6.45, 7) is 1.81. The number of hydrogen-bond acceptors (Lipinski definition) is 0. The fourth-order valence-electron chi connectivity index (χ4n) is 0.166. The van der Waals surface area contributed by atoms with E-state index in [1.165, 1.54) is 0 Å². The van der Waals surface area contributed by atoms with Crippen molar-refractivity contribution in [3.63, 3.8) is 0 Å². The lowest BCUT2D eigenvalue weighted by Gasteiger charge is -1.62. The Hall–Kier alpha value is -0.150. The molecule has 0 fully saturated rings. The minimum atomic E-state index is 0.708. The first-order chi connectivity index (χ1) is 3.41. The van der Waals surface area contributed by atoms with Crippen molar-refractivity contribution in [3.05, 3.63) is 0 Å². The lowest BCUT2D eigenvalue weighted by molar-refractivity contribution is 1.56. The lowest BCUT2D eigenvalue weighted by Crippen LogP contribution is -1.53. The van der Waals surface area contributed by atoms with Crippen LogP contribution in [0.25, 0.3) is 0 Å².